The van der Waals surface area contributed by atoms with Gasteiger partial charge < -0.3 is 0 Å². The number of hydrogen-bond acceptors (Lipinski definition) is 0. The first kappa shape index (κ1) is 8.91. The maximum atomic E-state index is 13.0. The molecule has 0 saturated heterocycles. The maximum Gasteiger partial charge on any atom is 0.129 e. The van der Waals surface area contributed by atoms with Gasteiger partial charge in [0.2, 0.25) is 0 Å². The molecule has 0 fully saturated rings. The molecule has 0 radical (unpaired) electrons. The number of aryl methyl sites for hydroxylation is 1. The van der Waals surface area contributed by atoms with Crippen molar-refractivity contribution in [3.05, 3.63) is 47.5 Å². The summed E-state index contributed by atoms with van der Waals surface area (Å²) in [4.78, 5) is 0. The van der Waals surface area contributed by atoms with E-state index in [4.69, 9.17) is 0 Å². The van der Waals surface area contributed by atoms with E-state index in [0.29, 0.717) is 5.56 Å². The summed E-state index contributed by atoms with van der Waals surface area (Å²) in [7, 11) is 0. The molecule has 0 heterocycles. The van der Waals surface area contributed by atoms with Crippen molar-refractivity contribution in [2.24, 2.45) is 0 Å². The van der Waals surface area contributed by atoms with Gasteiger partial charge in [-0.3, -0.25) is 0 Å². The van der Waals surface area contributed by atoms with Crippen LogP contribution in [-0.4, -0.2) is 0 Å². The van der Waals surface area contributed by atoms with E-state index in [1.54, 1.807) is 6.92 Å². The average molecular weight is 168 g/mol. The van der Waals surface area contributed by atoms with Crippen molar-refractivity contribution in [3.63, 3.8) is 0 Å². The lowest BCUT2D eigenvalue weighted by molar-refractivity contribution is 0.561. The van der Waals surface area contributed by atoms with E-state index in [-0.39, 0.29) is 12.0 Å². The van der Waals surface area contributed by atoms with Gasteiger partial charge in [-0.15, -0.1) is 6.58 Å². The molecule has 0 nitrogen and oxygen atoms in total. The van der Waals surface area contributed by atoms with Crippen LogP contribution in [0.2, 0.25) is 0 Å². The van der Waals surface area contributed by atoms with Crippen LogP contribution < -0.4 is 0 Å². The zero-order valence-electron chi connectivity index (χ0n) is 6.90. The van der Waals surface area contributed by atoms with Crippen molar-refractivity contribution >= 4 is 0 Å². The van der Waals surface area contributed by atoms with Gasteiger partial charge in [0, 0.05) is 5.56 Å². The van der Waals surface area contributed by atoms with E-state index < -0.39 is 11.6 Å². The van der Waals surface area contributed by atoms with Crippen LogP contribution in [0.15, 0.2) is 24.8 Å². The van der Waals surface area contributed by atoms with Crippen molar-refractivity contribution in [1.29, 1.82) is 0 Å². The Hall–Kier alpha value is -1.18. The molecule has 0 unspecified atom stereocenters. The molecule has 0 bridgehead atoms. The highest BCUT2D eigenvalue weighted by Crippen LogP contribution is 2.15. The fraction of sp³-hybridized carbons (Fsp3) is 0.200. The van der Waals surface area contributed by atoms with Gasteiger partial charge in [-0.1, -0.05) is 6.08 Å². The van der Waals surface area contributed by atoms with Crippen LogP contribution in [0, 0.1) is 18.6 Å². The van der Waals surface area contributed by atoms with Crippen LogP contribution in [0.4, 0.5) is 8.78 Å². The first-order chi connectivity index (χ1) is 5.65. The Morgan fingerprint density at radius 3 is 2.25 bits per heavy atom. The molecule has 0 saturated carbocycles. The van der Waals surface area contributed by atoms with E-state index in [2.05, 4.69) is 6.58 Å². The molecular formula is C10H10F2. The monoisotopic (exact) mass is 168 g/mol. The van der Waals surface area contributed by atoms with Crippen LogP contribution >= 0.6 is 0 Å². The Kier molecular flexibility index (Phi) is 2.58. The van der Waals surface area contributed by atoms with Crippen LogP contribution in [0.1, 0.15) is 11.1 Å². The number of benzene rings is 1. The standard InChI is InChI=1S/C10H10F2/c1-3-4-8-9(11)5-7(2)6-10(8)12/h3,5-6H,1,4H2,2H3. The smallest absolute Gasteiger partial charge is 0.129 e. The van der Waals surface area contributed by atoms with Crippen LogP contribution in [-0.2, 0) is 6.42 Å². The topological polar surface area (TPSA) is 0 Å². The van der Waals surface area contributed by atoms with Gasteiger partial charge in [0.25, 0.3) is 0 Å². The third-order valence-electron chi connectivity index (χ3n) is 1.63. The van der Waals surface area contributed by atoms with Crippen LogP contribution in [0.25, 0.3) is 0 Å². The average Bonchev–Trinajstić information content (AvgIpc) is 1.96. The van der Waals surface area contributed by atoms with Gasteiger partial charge in [0.15, 0.2) is 0 Å². The van der Waals surface area contributed by atoms with Crippen LogP contribution in [0.3, 0.4) is 0 Å². The van der Waals surface area contributed by atoms with Gasteiger partial charge in [-0.25, -0.2) is 8.78 Å². The third kappa shape index (κ3) is 1.70. The molecule has 0 aliphatic heterocycles. The second kappa shape index (κ2) is 3.48. The lowest BCUT2D eigenvalue weighted by atomic mass is 10.1. The van der Waals surface area contributed by atoms with E-state index in [1.165, 1.54) is 18.2 Å². The summed E-state index contributed by atoms with van der Waals surface area (Å²) in [6.45, 7) is 5.08. The van der Waals surface area contributed by atoms with Crippen molar-refractivity contribution in [3.8, 4) is 0 Å². The van der Waals surface area contributed by atoms with Crippen molar-refractivity contribution in [1.82, 2.24) is 0 Å². The summed E-state index contributed by atoms with van der Waals surface area (Å²) in [6.07, 6.45) is 1.72. The van der Waals surface area contributed by atoms with Crippen LogP contribution in [0.5, 0.6) is 0 Å². The zero-order chi connectivity index (χ0) is 9.14. The van der Waals surface area contributed by atoms with Crippen molar-refractivity contribution in [2.75, 3.05) is 0 Å². The first-order valence-corrected chi connectivity index (χ1v) is 3.70. The van der Waals surface area contributed by atoms with Gasteiger partial charge in [0.1, 0.15) is 11.6 Å². The second-order valence-electron chi connectivity index (χ2n) is 2.70. The van der Waals surface area contributed by atoms with E-state index in [1.807, 2.05) is 0 Å². The number of allylic oxidation sites excluding steroid dienone is 1. The summed E-state index contributed by atoms with van der Waals surface area (Å²) in [5.41, 5.74) is 0.688. The van der Waals surface area contributed by atoms with Crippen molar-refractivity contribution < 1.29 is 8.78 Å². The largest absolute Gasteiger partial charge is 0.207 e. The second-order valence-corrected chi connectivity index (χ2v) is 2.70. The highest BCUT2D eigenvalue weighted by atomic mass is 19.1. The Morgan fingerprint density at radius 1 is 1.33 bits per heavy atom. The molecule has 0 aliphatic rings. The lowest BCUT2D eigenvalue weighted by Crippen LogP contribution is -1.94. The molecule has 0 aliphatic carbocycles. The Labute approximate surface area is 70.5 Å². The molecule has 0 amide bonds. The SMILES string of the molecule is C=CCc1c(F)cc(C)cc1F. The summed E-state index contributed by atoms with van der Waals surface area (Å²) in [5.74, 6) is -0.986. The molecule has 0 atom stereocenters. The molecular weight excluding hydrogens is 158 g/mol. The molecule has 64 valence electrons. The van der Waals surface area contributed by atoms with Gasteiger partial charge in [-0.2, -0.15) is 0 Å². The zero-order valence-corrected chi connectivity index (χ0v) is 6.90. The van der Waals surface area contributed by atoms with Gasteiger partial charge in [-0.05, 0) is 31.0 Å². The van der Waals surface area contributed by atoms with E-state index in [0.717, 1.165) is 0 Å². The molecule has 1 aromatic carbocycles. The van der Waals surface area contributed by atoms with Crippen molar-refractivity contribution in [2.45, 2.75) is 13.3 Å². The quantitative estimate of drug-likeness (QED) is 0.595. The van der Waals surface area contributed by atoms with E-state index >= 15 is 0 Å². The summed E-state index contributed by atoms with van der Waals surface area (Å²) < 4.78 is 26.0. The highest BCUT2D eigenvalue weighted by molar-refractivity contribution is 5.26. The molecule has 2 heteroatoms. The number of halogens is 2. The minimum Gasteiger partial charge on any atom is -0.207 e. The fourth-order valence-electron chi connectivity index (χ4n) is 1.07. The molecule has 1 aromatic rings. The lowest BCUT2D eigenvalue weighted by Gasteiger charge is -2.02. The van der Waals surface area contributed by atoms with E-state index in [9.17, 15) is 8.78 Å². The predicted molar refractivity (Wildman–Crippen MR) is 45.0 cm³/mol. The molecule has 0 aromatic heterocycles. The Bertz CT molecular complexity index is 280. The van der Waals surface area contributed by atoms with Gasteiger partial charge in [0.05, 0.1) is 0 Å². The summed E-state index contributed by atoms with van der Waals surface area (Å²) >= 11 is 0. The molecule has 1 rings (SSSR count). The minimum atomic E-state index is -0.493. The first-order valence-electron chi connectivity index (χ1n) is 3.70. The predicted octanol–water partition coefficient (Wildman–Crippen LogP) is 3.00. The maximum absolute atomic E-state index is 13.0. The highest BCUT2D eigenvalue weighted by Gasteiger charge is 2.07. The summed E-state index contributed by atoms with van der Waals surface area (Å²) in [5, 5.41) is 0. The third-order valence-corrected chi connectivity index (χ3v) is 1.63. The minimum absolute atomic E-state index is 0.0931. The normalized spacial score (nSPS) is 9.92. The number of hydrogen-bond donors (Lipinski definition) is 0. The molecule has 0 spiro atoms. The number of rotatable bonds is 2. The Balaban J connectivity index is 3.18. The molecule has 12 heavy (non-hydrogen) atoms. The van der Waals surface area contributed by atoms with Gasteiger partial charge >= 0.3 is 0 Å². The fourth-order valence-corrected chi connectivity index (χ4v) is 1.07. The summed E-state index contributed by atoms with van der Waals surface area (Å²) in [6, 6.07) is 2.64. The molecule has 0 N–H and O–H groups in total. The Morgan fingerprint density at radius 2 is 1.83 bits per heavy atom.